The van der Waals surface area contributed by atoms with Crippen LogP contribution in [-0.2, 0) is 14.8 Å². The van der Waals surface area contributed by atoms with Crippen molar-refractivity contribution in [1.29, 1.82) is 0 Å². The summed E-state index contributed by atoms with van der Waals surface area (Å²) in [4.78, 5) is 0. The van der Waals surface area contributed by atoms with E-state index >= 15 is 0 Å². The van der Waals surface area contributed by atoms with E-state index in [9.17, 15) is 8.42 Å². The van der Waals surface area contributed by atoms with Gasteiger partial charge in [0.2, 0.25) is 10.0 Å². The zero-order chi connectivity index (χ0) is 11.7. The molecular formula is C9H20ClNO3S. The second kappa shape index (κ2) is 8.33. The van der Waals surface area contributed by atoms with Crippen LogP contribution in [-0.4, -0.2) is 39.8 Å². The zero-order valence-corrected chi connectivity index (χ0v) is 10.9. The second-order valence-corrected chi connectivity index (χ2v) is 6.03. The molecule has 0 rings (SSSR count). The average molecular weight is 258 g/mol. The van der Waals surface area contributed by atoms with Gasteiger partial charge in [-0.15, -0.1) is 11.6 Å². The average Bonchev–Trinajstić information content (AvgIpc) is 2.10. The molecule has 0 aromatic rings. The summed E-state index contributed by atoms with van der Waals surface area (Å²) in [6.45, 7) is 5.86. The summed E-state index contributed by atoms with van der Waals surface area (Å²) in [6, 6.07) is 0. The number of alkyl halides is 1. The van der Waals surface area contributed by atoms with E-state index < -0.39 is 10.0 Å². The molecule has 92 valence electrons. The SMILES string of the molecule is CC(C)COCCCNS(=O)(=O)CCCl. The Morgan fingerprint density at radius 3 is 2.60 bits per heavy atom. The number of hydrogen-bond acceptors (Lipinski definition) is 3. The van der Waals surface area contributed by atoms with E-state index in [4.69, 9.17) is 16.3 Å². The lowest BCUT2D eigenvalue weighted by Gasteiger charge is -2.07. The largest absolute Gasteiger partial charge is 0.381 e. The summed E-state index contributed by atoms with van der Waals surface area (Å²) >= 11 is 5.34. The third kappa shape index (κ3) is 10.4. The van der Waals surface area contributed by atoms with Crippen LogP contribution in [0.15, 0.2) is 0 Å². The highest BCUT2D eigenvalue weighted by Crippen LogP contribution is 1.93. The van der Waals surface area contributed by atoms with E-state index in [2.05, 4.69) is 18.6 Å². The van der Waals surface area contributed by atoms with Crippen molar-refractivity contribution in [2.75, 3.05) is 31.4 Å². The molecule has 0 aliphatic heterocycles. The summed E-state index contributed by atoms with van der Waals surface area (Å²) in [5.41, 5.74) is 0. The maximum absolute atomic E-state index is 11.1. The first-order valence-electron chi connectivity index (χ1n) is 5.09. The van der Waals surface area contributed by atoms with Gasteiger partial charge in [-0.05, 0) is 12.3 Å². The molecule has 0 fully saturated rings. The molecule has 0 bridgehead atoms. The monoisotopic (exact) mass is 257 g/mol. The van der Waals surface area contributed by atoms with Crippen LogP contribution in [0.4, 0.5) is 0 Å². The summed E-state index contributed by atoms with van der Waals surface area (Å²) in [5.74, 6) is 0.610. The fourth-order valence-electron chi connectivity index (χ4n) is 0.895. The first kappa shape index (κ1) is 15.2. The molecule has 0 heterocycles. The van der Waals surface area contributed by atoms with Crippen LogP contribution in [0, 0.1) is 5.92 Å². The number of ether oxygens (including phenoxy) is 1. The molecule has 15 heavy (non-hydrogen) atoms. The van der Waals surface area contributed by atoms with E-state index in [0.29, 0.717) is 32.1 Å². The van der Waals surface area contributed by atoms with Gasteiger partial charge < -0.3 is 4.74 Å². The molecule has 0 spiro atoms. The van der Waals surface area contributed by atoms with E-state index in [-0.39, 0.29) is 11.6 Å². The minimum Gasteiger partial charge on any atom is -0.381 e. The van der Waals surface area contributed by atoms with Gasteiger partial charge in [0.05, 0.1) is 5.75 Å². The molecule has 1 N–H and O–H groups in total. The Balaban J connectivity index is 3.38. The topological polar surface area (TPSA) is 55.4 Å². The standard InChI is InChI=1S/C9H20ClNO3S/c1-9(2)8-14-6-3-5-11-15(12,13)7-4-10/h9,11H,3-8H2,1-2H3. The normalized spacial score (nSPS) is 12.3. The maximum Gasteiger partial charge on any atom is 0.212 e. The summed E-state index contributed by atoms with van der Waals surface area (Å²) in [7, 11) is -3.17. The van der Waals surface area contributed by atoms with Crippen molar-refractivity contribution in [3.63, 3.8) is 0 Å². The van der Waals surface area contributed by atoms with Gasteiger partial charge in [-0.25, -0.2) is 13.1 Å². The number of rotatable bonds is 9. The Morgan fingerprint density at radius 1 is 1.40 bits per heavy atom. The zero-order valence-electron chi connectivity index (χ0n) is 9.33. The van der Waals surface area contributed by atoms with Crippen LogP contribution in [0.2, 0.25) is 0 Å². The van der Waals surface area contributed by atoms with Crippen LogP contribution >= 0.6 is 11.6 Å². The Morgan fingerprint density at radius 2 is 2.07 bits per heavy atom. The summed E-state index contributed by atoms with van der Waals surface area (Å²) in [6.07, 6.45) is 0.689. The van der Waals surface area contributed by atoms with Crippen molar-refractivity contribution in [1.82, 2.24) is 4.72 Å². The Labute approximate surface area is 97.4 Å². The van der Waals surface area contributed by atoms with Gasteiger partial charge in [0.1, 0.15) is 0 Å². The van der Waals surface area contributed by atoms with Crippen LogP contribution in [0.1, 0.15) is 20.3 Å². The molecule has 0 aromatic heterocycles. The van der Waals surface area contributed by atoms with Crippen molar-refractivity contribution >= 4 is 21.6 Å². The predicted molar refractivity (Wildman–Crippen MR) is 62.8 cm³/mol. The number of nitrogens with one attached hydrogen (secondary N) is 1. The molecule has 0 aromatic carbocycles. The Hall–Kier alpha value is 0.160. The molecule has 6 heteroatoms. The van der Waals surface area contributed by atoms with Gasteiger partial charge in [0.25, 0.3) is 0 Å². The minimum absolute atomic E-state index is 0.0264. The number of sulfonamides is 1. The van der Waals surface area contributed by atoms with Gasteiger partial charge >= 0.3 is 0 Å². The van der Waals surface area contributed by atoms with Crippen LogP contribution in [0.3, 0.4) is 0 Å². The fourth-order valence-corrected chi connectivity index (χ4v) is 2.31. The van der Waals surface area contributed by atoms with E-state index in [1.807, 2.05) is 0 Å². The second-order valence-electron chi connectivity index (χ2n) is 3.72. The van der Waals surface area contributed by atoms with Gasteiger partial charge in [-0.2, -0.15) is 0 Å². The van der Waals surface area contributed by atoms with Crippen molar-refractivity contribution < 1.29 is 13.2 Å². The van der Waals surface area contributed by atoms with E-state index in [1.165, 1.54) is 0 Å². The van der Waals surface area contributed by atoms with Crippen molar-refractivity contribution in [2.45, 2.75) is 20.3 Å². The van der Waals surface area contributed by atoms with E-state index in [0.717, 1.165) is 0 Å². The summed E-state index contributed by atoms with van der Waals surface area (Å²) < 4.78 is 30.0. The minimum atomic E-state index is -3.17. The Kier molecular flexibility index (Phi) is 8.42. The van der Waals surface area contributed by atoms with Crippen LogP contribution < -0.4 is 4.72 Å². The lowest BCUT2D eigenvalue weighted by atomic mass is 10.2. The van der Waals surface area contributed by atoms with E-state index in [1.54, 1.807) is 0 Å². The lowest BCUT2D eigenvalue weighted by Crippen LogP contribution is -2.28. The molecule has 0 aliphatic rings. The maximum atomic E-state index is 11.1. The lowest BCUT2D eigenvalue weighted by molar-refractivity contribution is 0.108. The molecule has 0 saturated carbocycles. The molecule has 0 aliphatic carbocycles. The van der Waals surface area contributed by atoms with Crippen molar-refractivity contribution in [3.05, 3.63) is 0 Å². The molecule has 0 atom stereocenters. The quantitative estimate of drug-likeness (QED) is 0.499. The molecule has 4 nitrogen and oxygen atoms in total. The third-order valence-corrected chi connectivity index (χ3v) is 3.38. The first-order valence-corrected chi connectivity index (χ1v) is 7.27. The van der Waals surface area contributed by atoms with Crippen molar-refractivity contribution in [3.8, 4) is 0 Å². The van der Waals surface area contributed by atoms with Gasteiger partial charge in [0, 0.05) is 25.6 Å². The predicted octanol–water partition coefficient (Wildman–Crippen LogP) is 1.21. The first-order chi connectivity index (χ1) is 6.98. The Bertz CT molecular complexity index is 242. The fraction of sp³-hybridized carbons (Fsp3) is 1.00. The van der Waals surface area contributed by atoms with Crippen LogP contribution in [0.5, 0.6) is 0 Å². The highest BCUT2D eigenvalue weighted by atomic mass is 35.5. The van der Waals surface area contributed by atoms with Gasteiger partial charge in [-0.1, -0.05) is 13.8 Å². The highest BCUT2D eigenvalue weighted by Gasteiger charge is 2.07. The molecule has 0 unspecified atom stereocenters. The molecule has 0 saturated heterocycles. The van der Waals surface area contributed by atoms with Gasteiger partial charge in [-0.3, -0.25) is 0 Å². The highest BCUT2D eigenvalue weighted by molar-refractivity contribution is 7.89. The van der Waals surface area contributed by atoms with Crippen molar-refractivity contribution in [2.24, 2.45) is 5.92 Å². The van der Waals surface area contributed by atoms with Crippen LogP contribution in [0.25, 0.3) is 0 Å². The number of hydrogen-bond donors (Lipinski definition) is 1. The molecule has 0 radical (unpaired) electrons. The smallest absolute Gasteiger partial charge is 0.212 e. The molecular weight excluding hydrogens is 238 g/mol. The van der Waals surface area contributed by atoms with Gasteiger partial charge in [0.15, 0.2) is 0 Å². The number of halogens is 1. The summed E-state index contributed by atoms with van der Waals surface area (Å²) in [5, 5.41) is 0. The molecule has 0 amide bonds. The third-order valence-electron chi connectivity index (χ3n) is 1.58.